The van der Waals surface area contributed by atoms with Gasteiger partial charge in [0.1, 0.15) is 6.10 Å². The monoisotopic (exact) mass is 354 g/mol. The van der Waals surface area contributed by atoms with Crippen molar-refractivity contribution in [3.05, 3.63) is 35.9 Å². The minimum Gasteiger partial charge on any atom is -0.461 e. The number of carbonyl (C=O) groups excluding carboxylic acids is 1. The van der Waals surface area contributed by atoms with Crippen molar-refractivity contribution < 1.29 is 9.53 Å². The largest absolute Gasteiger partial charge is 0.461 e. The molecule has 26 heavy (non-hydrogen) atoms. The fraction of sp³-hybridized carbons (Fsp3) is 0.625. The molecule has 1 saturated heterocycles. The van der Waals surface area contributed by atoms with E-state index < -0.39 is 0 Å². The number of ether oxygens (including phenoxy) is 1. The van der Waals surface area contributed by atoms with Gasteiger partial charge in [-0.3, -0.25) is 4.79 Å². The van der Waals surface area contributed by atoms with Crippen molar-refractivity contribution in [3.63, 3.8) is 0 Å². The van der Waals surface area contributed by atoms with Gasteiger partial charge < -0.3 is 4.74 Å². The molecule has 2 unspecified atom stereocenters. The van der Waals surface area contributed by atoms with E-state index in [-0.39, 0.29) is 18.0 Å². The molecular weight excluding hydrogens is 320 g/mol. The van der Waals surface area contributed by atoms with E-state index in [0.29, 0.717) is 0 Å². The zero-order valence-electron chi connectivity index (χ0n) is 16.3. The summed E-state index contributed by atoms with van der Waals surface area (Å²) in [7, 11) is 0. The van der Waals surface area contributed by atoms with Crippen molar-refractivity contribution in [3.8, 4) is 11.8 Å². The minimum atomic E-state index is 0.0335. The van der Waals surface area contributed by atoms with Crippen LogP contribution in [0.2, 0.25) is 0 Å². The molecule has 1 fully saturated rings. The summed E-state index contributed by atoms with van der Waals surface area (Å²) in [6.07, 6.45) is 13.9. The zero-order valence-corrected chi connectivity index (χ0v) is 16.3. The lowest BCUT2D eigenvalue weighted by Gasteiger charge is -2.35. The molecule has 0 aromatic heterocycles. The summed E-state index contributed by atoms with van der Waals surface area (Å²) >= 11 is 0. The SMILES string of the molecule is CCCCCCCC1OC(=O)C1CCCCCC#CCc1ccccc1. The molecule has 0 aliphatic carbocycles. The highest BCUT2D eigenvalue weighted by Gasteiger charge is 2.40. The molecule has 2 heteroatoms. The lowest BCUT2D eigenvalue weighted by molar-refractivity contribution is -0.186. The van der Waals surface area contributed by atoms with Crippen LogP contribution in [0.3, 0.4) is 0 Å². The Morgan fingerprint density at radius 2 is 1.62 bits per heavy atom. The van der Waals surface area contributed by atoms with Crippen molar-refractivity contribution in [1.82, 2.24) is 0 Å². The maximum Gasteiger partial charge on any atom is 0.313 e. The molecule has 0 radical (unpaired) electrons. The molecule has 2 atom stereocenters. The van der Waals surface area contributed by atoms with Crippen LogP contribution in [0.25, 0.3) is 0 Å². The molecule has 1 heterocycles. The summed E-state index contributed by atoms with van der Waals surface area (Å²) in [5.41, 5.74) is 1.28. The second-order valence-corrected chi connectivity index (χ2v) is 7.40. The van der Waals surface area contributed by atoms with Gasteiger partial charge in [0.15, 0.2) is 0 Å². The molecule has 1 aliphatic rings. The molecule has 1 aromatic rings. The molecule has 0 bridgehead atoms. The molecule has 0 spiro atoms. The predicted molar refractivity (Wildman–Crippen MR) is 108 cm³/mol. The van der Waals surface area contributed by atoms with E-state index in [1.807, 2.05) is 6.07 Å². The molecule has 1 aliphatic heterocycles. The molecular formula is C24H34O2. The number of benzene rings is 1. The minimum absolute atomic E-state index is 0.0335. The van der Waals surface area contributed by atoms with Gasteiger partial charge in [0.2, 0.25) is 0 Å². The van der Waals surface area contributed by atoms with Gasteiger partial charge in [-0.2, -0.15) is 0 Å². The standard InChI is InChI=1S/C24H34O2/c1-2-3-4-7-15-20-23-22(24(25)26-23)19-14-9-6-5-8-11-16-21-17-12-10-13-18-21/h10,12-13,17-18,22-23H,2-7,9,14-16,19-20H2,1H3. The first-order valence-electron chi connectivity index (χ1n) is 10.5. The quantitative estimate of drug-likeness (QED) is 0.258. The van der Waals surface area contributed by atoms with Crippen LogP contribution >= 0.6 is 0 Å². The van der Waals surface area contributed by atoms with E-state index in [1.165, 1.54) is 37.7 Å². The van der Waals surface area contributed by atoms with Crippen molar-refractivity contribution in [2.75, 3.05) is 0 Å². The summed E-state index contributed by atoms with van der Waals surface area (Å²) in [4.78, 5) is 11.7. The van der Waals surface area contributed by atoms with Crippen LogP contribution in [0.1, 0.15) is 83.1 Å². The van der Waals surface area contributed by atoms with Gasteiger partial charge in [0.25, 0.3) is 0 Å². The Kier molecular flexibility index (Phi) is 9.95. The topological polar surface area (TPSA) is 26.3 Å². The summed E-state index contributed by atoms with van der Waals surface area (Å²) in [5.74, 6) is 6.73. The van der Waals surface area contributed by atoms with Gasteiger partial charge in [-0.05, 0) is 31.2 Å². The van der Waals surface area contributed by atoms with E-state index in [1.54, 1.807) is 0 Å². The van der Waals surface area contributed by atoms with Crippen molar-refractivity contribution >= 4 is 5.97 Å². The van der Waals surface area contributed by atoms with E-state index in [0.717, 1.165) is 44.9 Å². The molecule has 0 saturated carbocycles. The maximum absolute atomic E-state index is 11.7. The first-order chi connectivity index (χ1) is 12.8. The Hall–Kier alpha value is -1.75. The highest BCUT2D eigenvalue weighted by molar-refractivity contribution is 5.78. The summed E-state index contributed by atoms with van der Waals surface area (Å²) < 4.78 is 5.35. The van der Waals surface area contributed by atoms with Gasteiger partial charge in [-0.15, -0.1) is 5.92 Å². The Bertz CT molecular complexity index is 567. The van der Waals surface area contributed by atoms with E-state index in [2.05, 4.69) is 43.0 Å². The second-order valence-electron chi connectivity index (χ2n) is 7.40. The smallest absolute Gasteiger partial charge is 0.313 e. The van der Waals surface area contributed by atoms with Crippen LogP contribution in [0.15, 0.2) is 30.3 Å². The number of carbonyl (C=O) groups is 1. The number of rotatable bonds is 12. The highest BCUT2D eigenvalue weighted by Crippen LogP contribution is 2.31. The van der Waals surface area contributed by atoms with Crippen LogP contribution < -0.4 is 0 Å². The third kappa shape index (κ3) is 7.65. The van der Waals surface area contributed by atoms with Crippen molar-refractivity contribution in [2.24, 2.45) is 5.92 Å². The molecule has 0 amide bonds. The second kappa shape index (κ2) is 12.6. The Morgan fingerprint density at radius 1 is 0.885 bits per heavy atom. The average molecular weight is 355 g/mol. The lowest BCUT2D eigenvalue weighted by Crippen LogP contribution is -2.44. The van der Waals surface area contributed by atoms with E-state index in [9.17, 15) is 4.79 Å². The van der Waals surface area contributed by atoms with Crippen LogP contribution in [0, 0.1) is 17.8 Å². The normalized spacial score (nSPS) is 18.6. The van der Waals surface area contributed by atoms with E-state index >= 15 is 0 Å². The Labute approximate surface area is 159 Å². The third-order valence-corrected chi connectivity index (χ3v) is 5.19. The summed E-state index contributed by atoms with van der Waals surface area (Å²) in [6, 6.07) is 10.4. The van der Waals surface area contributed by atoms with Gasteiger partial charge in [-0.1, -0.05) is 81.7 Å². The lowest BCUT2D eigenvalue weighted by atomic mass is 9.87. The molecule has 2 rings (SSSR count). The Morgan fingerprint density at radius 3 is 2.38 bits per heavy atom. The number of cyclic esters (lactones) is 1. The zero-order chi connectivity index (χ0) is 18.5. The molecule has 2 nitrogen and oxygen atoms in total. The average Bonchev–Trinajstić information content (AvgIpc) is 2.66. The predicted octanol–water partition coefficient (Wildman–Crippen LogP) is 6.09. The molecule has 1 aromatic carbocycles. The van der Waals surface area contributed by atoms with E-state index in [4.69, 9.17) is 4.74 Å². The first-order valence-corrected chi connectivity index (χ1v) is 10.5. The van der Waals surface area contributed by atoms with Crippen molar-refractivity contribution in [1.29, 1.82) is 0 Å². The van der Waals surface area contributed by atoms with Gasteiger partial charge >= 0.3 is 5.97 Å². The van der Waals surface area contributed by atoms with Crippen molar-refractivity contribution in [2.45, 2.75) is 90.1 Å². The van der Waals surface area contributed by atoms with Crippen LogP contribution in [0.5, 0.6) is 0 Å². The molecule has 0 N–H and O–H groups in total. The fourth-order valence-corrected chi connectivity index (χ4v) is 3.51. The first kappa shape index (κ1) is 20.6. The van der Waals surface area contributed by atoms with Crippen LogP contribution in [-0.2, 0) is 16.0 Å². The molecule has 142 valence electrons. The van der Waals surface area contributed by atoms with Gasteiger partial charge in [-0.25, -0.2) is 0 Å². The number of hydrogen-bond acceptors (Lipinski definition) is 2. The highest BCUT2D eigenvalue weighted by atomic mass is 16.6. The van der Waals surface area contributed by atoms with Gasteiger partial charge in [0, 0.05) is 12.8 Å². The van der Waals surface area contributed by atoms with Crippen LogP contribution in [0.4, 0.5) is 0 Å². The fourth-order valence-electron chi connectivity index (χ4n) is 3.51. The van der Waals surface area contributed by atoms with Crippen LogP contribution in [-0.4, -0.2) is 12.1 Å². The maximum atomic E-state index is 11.7. The summed E-state index contributed by atoms with van der Waals surface area (Å²) in [6.45, 7) is 2.23. The number of hydrogen-bond donors (Lipinski definition) is 0. The number of esters is 1. The number of unbranched alkanes of at least 4 members (excludes halogenated alkanes) is 7. The third-order valence-electron chi connectivity index (χ3n) is 5.19. The summed E-state index contributed by atoms with van der Waals surface area (Å²) in [5, 5.41) is 0. The van der Waals surface area contributed by atoms with Gasteiger partial charge in [0.05, 0.1) is 5.92 Å². The Balaban J connectivity index is 1.49.